The van der Waals surface area contributed by atoms with Crippen molar-refractivity contribution in [1.29, 1.82) is 0 Å². The zero-order valence-electron chi connectivity index (χ0n) is 19.7. The maximum Gasteiger partial charge on any atom is 0.260 e. The molecule has 1 saturated heterocycles. The van der Waals surface area contributed by atoms with Gasteiger partial charge < -0.3 is 0 Å². The van der Waals surface area contributed by atoms with Gasteiger partial charge in [-0.15, -0.1) is 0 Å². The molecule has 0 aliphatic carbocycles. The average molecular weight is 541 g/mol. The van der Waals surface area contributed by atoms with Gasteiger partial charge in [-0.2, -0.15) is 4.31 Å². The van der Waals surface area contributed by atoms with E-state index < -0.39 is 10.0 Å². The van der Waals surface area contributed by atoms with Gasteiger partial charge in [-0.25, -0.2) is 13.4 Å². The highest BCUT2D eigenvalue weighted by Gasteiger charge is 2.27. The minimum Gasteiger partial charge on any atom is -0.279 e. The van der Waals surface area contributed by atoms with Gasteiger partial charge in [0.25, 0.3) is 5.91 Å². The zero-order valence-corrected chi connectivity index (χ0v) is 22.1. The summed E-state index contributed by atoms with van der Waals surface area (Å²) in [4.78, 5) is 24.5. The number of sulfonamides is 1. The van der Waals surface area contributed by atoms with Crippen LogP contribution in [0.5, 0.6) is 0 Å². The van der Waals surface area contributed by atoms with Crippen LogP contribution in [0.15, 0.2) is 65.8 Å². The minimum atomic E-state index is -3.57. The third-order valence-corrected chi connectivity index (χ3v) is 9.39. The fraction of sp³-hybridized carbons (Fsp3) is 0.269. The number of piperidine rings is 1. The molecular formula is C26H25ClN4O3S2. The first-order chi connectivity index (χ1) is 17.3. The van der Waals surface area contributed by atoms with Crippen molar-refractivity contribution < 1.29 is 13.2 Å². The van der Waals surface area contributed by atoms with Crippen molar-refractivity contribution in [3.05, 3.63) is 82.6 Å². The van der Waals surface area contributed by atoms with Crippen molar-refractivity contribution in [2.45, 2.75) is 37.6 Å². The summed E-state index contributed by atoms with van der Waals surface area (Å²) in [5.74, 6) is -0.274. The number of aromatic nitrogens is 2. The number of thiazole rings is 1. The van der Waals surface area contributed by atoms with E-state index in [2.05, 4.69) is 4.98 Å². The molecule has 3 heterocycles. The van der Waals surface area contributed by atoms with E-state index in [0.29, 0.717) is 28.8 Å². The Morgan fingerprint density at radius 3 is 2.56 bits per heavy atom. The molecule has 0 radical (unpaired) electrons. The highest BCUT2D eigenvalue weighted by Crippen LogP contribution is 2.34. The molecule has 0 saturated carbocycles. The number of hydrogen-bond donors (Lipinski definition) is 0. The predicted molar refractivity (Wildman–Crippen MR) is 143 cm³/mol. The highest BCUT2D eigenvalue weighted by atomic mass is 35.5. The second-order valence-electron chi connectivity index (χ2n) is 8.81. The Morgan fingerprint density at radius 2 is 1.86 bits per heavy atom. The molecule has 0 atom stereocenters. The number of aryl methyl sites for hydroxylation is 1. The number of pyridine rings is 1. The van der Waals surface area contributed by atoms with Gasteiger partial charge >= 0.3 is 0 Å². The Hall–Kier alpha value is -2.85. The van der Waals surface area contributed by atoms with Gasteiger partial charge in [0.05, 0.1) is 21.7 Å². The number of carbonyl (C=O) groups is 1. The van der Waals surface area contributed by atoms with Crippen LogP contribution in [-0.2, 0) is 16.6 Å². The molecule has 1 aliphatic rings. The van der Waals surface area contributed by atoms with Crippen molar-refractivity contribution in [2.24, 2.45) is 0 Å². The summed E-state index contributed by atoms with van der Waals surface area (Å²) >= 11 is 7.63. The summed E-state index contributed by atoms with van der Waals surface area (Å²) in [6.07, 6.45) is 6.17. The van der Waals surface area contributed by atoms with Crippen LogP contribution in [0, 0.1) is 6.92 Å². The molecule has 0 spiro atoms. The van der Waals surface area contributed by atoms with Gasteiger partial charge in [0.1, 0.15) is 0 Å². The topological polar surface area (TPSA) is 83.5 Å². The standard InChI is InChI=1S/C26H25ClN4O3S2/c1-18-14-21(27)15-23-24(18)29-26(35-23)31(17-19-6-5-11-28-16-19)25(32)20-7-9-22(10-8-20)36(33,34)30-12-3-2-4-13-30/h5-11,14-16H,2-4,12-13,17H2,1H3. The number of anilines is 1. The monoisotopic (exact) mass is 540 g/mol. The first-order valence-corrected chi connectivity index (χ1v) is 14.3. The van der Waals surface area contributed by atoms with Crippen LogP contribution in [0.3, 0.4) is 0 Å². The first-order valence-electron chi connectivity index (χ1n) is 11.7. The third-order valence-electron chi connectivity index (χ3n) is 6.23. The van der Waals surface area contributed by atoms with Crippen molar-refractivity contribution in [1.82, 2.24) is 14.3 Å². The molecule has 0 N–H and O–H groups in total. The lowest BCUT2D eigenvalue weighted by Crippen LogP contribution is -2.35. The lowest BCUT2D eigenvalue weighted by molar-refractivity contribution is 0.0985. The maximum atomic E-state index is 13.7. The van der Waals surface area contributed by atoms with E-state index in [0.717, 1.165) is 40.6 Å². The Labute approximate surface area is 219 Å². The van der Waals surface area contributed by atoms with Crippen molar-refractivity contribution in [2.75, 3.05) is 18.0 Å². The highest BCUT2D eigenvalue weighted by molar-refractivity contribution is 7.89. The summed E-state index contributed by atoms with van der Waals surface area (Å²) in [6, 6.07) is 13.6. The van der Waals surface area contributed by atoms with E-state index in [1.165, 1.54) is 27.8 Å². The molecule has 186 valence electrons. The summed E-state index contributed by atoms with van der Waals surface area (Å²) in [7, 11) is -3.57. The van der Waals surface area contributed by atoms with Crippen molar-refractivity contribution in [3.63, 3.8) is 0 Å². The first kappa shape index (κ1) is 24.8. The summed E-state index contributed by atoms with van der Waals surface area (Å²) in [6.45, 7) is 3.27. The molecule has 36 heavy (non-hydrogen) atoms. The minimum absolute atomic E-state index is 0.199. The molecule has 2 aromatic heterocycles. The van der Waals surface area contributed by atoms with Crippen molar-refractivity contribution in [3.8, 4) is 0 Å². The lowest BCUT2D eigenvalue weighted by Gasteiger charge is -2.26. The largest absolute Gasteiger partial charge is 0.279 e. The average Bonchev–Trinajstić information content (AvgIpc) is 3.32. The summed E-state index contributed by atoms with van der Waals surface area (Å²) in [5, 5.41) is 1.15. The van der Waals surface area contributed by atoms with E-state index in [1.807, 2.05) is 31.2 Å². The smallest absolute Gasteiger partial charge is 0.260 e. The van der Waals surface area contributed by atoms with Crippen LogP contribution in [0.1, 0.15) is 40.7 Å². The zero-order chi connectivity index (χ0) is 25.3. The lowest BCUT2D eigenvalue weighted by atomic mass is 10.2. The third kappa shape index (κ3) is 5.01. The maximum absolute atomic E-state index is 13.7. The molecule has 10 heteroatoms. The SMILES string of the molecule is Cc1cc(Cl)cc2sc(N(Cc3cccnc3)C(=O)c3ccc(S(=O)(=O)N4CCCCC4)cc3)nc12. The van der Waals surface area contributed by atoms with E-state index in [9.17, 15) is 13.2 Å². The molecule has 2 aromatic carbocycles. The van der Waals surface area contributed by atoms with Crippen LogP contribution in [-0.4, -0.2) is 41.7 Å². The fourth-order valence-electron chi connectivity index (χ4n) is 4.34. The van der Waals surface area contributed by atoms with Crippen LogP contribution in [0.2, 0.25) is 5.02 Å². The molecule has 1 amide bonds. The Kier molecular flexibility index (Phi) is 7.07. The Morgan fingerprint density at radius 1 is 1.11 bits per heavy atom. The van der Waals surface area contributed by atoms with Gasteiger partial charge in [-0.1, -0.05) is 35.4 Å². The van der Waals surface area contributed by atoms with Gasteiger partial charge in [0.15, 0.2) is 5.13 Å². The number of amides is 1. The van der Waals surface area contributed by atoms with Crippen LogP contribution in [0.4, 0.5) is 5.13 Å². The van der Waals surface area contributed by atoms with Crippen LogP contribution < -0.4 is 4.90 Å². The quantitative estimate of drug-likeness (QED) is 0.314. The number of carbonyl (C=O) groups excluding carboxylic acids is 1. The van der Waals surface area contributed by atoms with E-state index in [1.54, 1.807) is 29.4 Å². The van der Waals surface area contributed by atoms with Gasteiger partial charge in [-0.05, 0) is 73.4 Å². The fourth-order valence-corrected chi connectivity index (χ4v) is 7.27. The molecule has 0 bridgehead atoms. The van der Waals surface area contributed by atoms with Crippen molar-refractivity contribution >= 4 is 54.2 Å². The van der Waals surface area contributed by atoms with Crippen LogP contribution in [0.25, 0.3) is 10.2 Å². The van der Waals surface area contributed by atoms with Gasteiger partial charge in [0, 0.05) is 36.1 Å². The molecule has 4 aromatic rings. The molecule has 7 nitrogen and oxygen atoms in total. The number of halogens is 1. The number of benzene rings is 2. The number of nitrogens with zero attached hydrogens (tertiary/aromatic N) is 4. The summed E-state index contributed by atoms with van der Waals surface area (Å²) < 4.78 is 28.5. The van der Waals surface area contributed by atoms with E-state index in [-0.39, 0.29) is 17.3 Å². The Bertz CT molecular complexity index is 1500. The van der Waals surface area contributed by atoms with Gasteiger partial charge in [-0.3, -0.25) is 14.7 Å². The Balaban J connectivity index is 1.49. The second kappa shape index (κ2) is 10.3. The predicted octanol–water partition coefficient (Wildman–Crippen LogP) is 5.67. The number of hydrogen-bond acceptors (Lipinski definition) is 6. The summed E-state index contributed by atoms with van der Waals surface area (Å²) in [5.41, 5.74) is 2.96. The van der Waals surface area contributed by atoms with E-state index >= 15 is 0 Å². The molecular weight excluding hydrogens is 516 g/mol. The normalized spacial score (nSPS) is 14.7. The molecule has 1 fully saturated rings. The van der Waals surface area contributed by atoms with Gasteiger partial charge in [0.2, 0.25) is 10.0 Å². The molecule has 1 aliphatic heterocycles. The molecule has 5 rings (SSSR count). The number of rotatable bonds is 6. The van der Waals surface area contributed by atoms with Crippen LogP contribution >= 0.6 is 22.9 Å². The number of fused-ring (bicyclic) bond motifs is 1. The molecule has 0 unspecified atom stereocenters. The second-order valence-corrected chi connectivity index (χ2v) is 12.2. The van der Waals surface area contributed by atoms with E-state index in [4.69, 9.17) is 16.6 Å².